The van der Waals surface area contributed by atoms with Gasteiger partial charge < -0.3 is 4.57 Å². The third-order valence-corrected chi connectivity index (χ3v) is 2.87. The van der Waals surface area contributed by atoms with Crippen molar-refractivity contribution in [3.8, 4) is 17.8 Å². The monoisotopic (exact) mass is 261 g/mol. The molecular formula is C16H11N3O. The molecule has 0 spiro atoms. The van der Waals surface area contributed by atoms with Gasteiger partial charge in [-0.15, -0.1) is 0 Å². The van der Waals surface area contributed by atoms with Gasteiger partial charge in [0, 0.05) is 23.1 Å². The van der Waals surface area contributed by atoms with Crippen LogP contribution in [0.25, 0.3) is 11.8 Å². The fraction of sp³-hybridized carbons (Fsp3) is 0.0625. The van der Waals surface area contributed by atoms with Gasteiger partial charge in [-0.2, -0.15) is 10.5 Å². The SMILES string of the molecule is CC(=O)c1ccc(-n2cccc2C=C(C#N)C#N)cc1. The average Bonchev–Trinajstić information content (AvgIpc) is 2.92. The van der Waals surface area contributed by atoms with Gasteiger partial charge in [0.25, 0.3) is 0 Å². The minimum absolute atomic E-state index is 0.0143. The standard InChI is InChI=1S/C16H11N3O/c1-12(20)14-4-6-15(7-5-14)19-8-2-3-16(19)9-13(10-17)11-18/h2-9H,1H3. The molecule has 96 valence electrons. The largest absolute Gasteiger partial charge is 0.317 e. The summed E-state index contributed by atoms with van der Waals surface area (Å²) in [5.41, 5.74) is 2.29. The number of ketones is 1. The fourth-order valence-electron chi connectivity index (χ4n) is 1.84. The van der Waals surface area contributed by atoms with Crippen LogP contribution in [-0.2, 0) is 0 Å². The van der Waals surface area contributed by atoms with Gasteiger partial charge in [-0.25, -0.2) is 0 Å². The summed E-state index contributed by atoms with van der Waals surface area (Å²) >= 11 is 0. The van der Waals surface area contributed by atoms with Crippen molar-refractivity contribution in [1.82, 2.24) is 4.57 Å². The highest BCUT2D eigenvalue weighted by atomic mass is 16.1. The van der Waals surface area contributed by atoms with Crippen molar-refractivity contribution in [2.24, 2.45) is 0 Å². The molecule has 4 heteroatoms. The summed E-state index contributed by atoms with van der Waals surface area (Å²) in [6.45, 7) is 1.52. The van der Waals surface area contributed by atoms with E-state index in [0.29, 0.717) is 5.56 Å². The lowest BCUT2D eigenvalue weighted by Crippen LogP contribution is -1.97. The molecule has 0 amide bonds. The molecule has 0 saturated carbocycles. The maximum Gasteiger partial charge on any atom is 0.159 e. The van der Waals surface area contributed by atoms with Crippen LogP contribution < -0.4 is 0 Å². The van der Waals surface area contributed by atoms with E-state index in [-0.39, 0.29) is 11.4 Å². The number of aromatic nitrogens is 1. The maximum absolute atomic E-state index is 11.2. The van der Waals surface area contributed by atoms with E-state index in [0.717, 1.165) is 11.4 Å². The van der Waals surface area contributed by atoms with Crippen molar-refractivity contribution in [2.75, 3.05) is 0 Å². The summed E-state index contributed by atoms with van der Waals surface area (Å²) in [5, 5.41) is 17.6. The molecule has 1 aromatic carbocycles. The Bertz CT molecular complexity index is 736. The predicted octanol–water partition coefficient (Wildman–Crippen LogP) is 3.11. The van der Waals surface area contributed by atoms with Crippen molar-refractivity contribution in [3.63, 3.8) is 0 Å². The molecule has 0 aliphatic carbocycles. The van der Waals surface area contributed by atoms with E-state index < -0.39 is 0 Å². The van der Waals surface area contributed by atoms with E-state index in [1.165, 1.54) is 13.0 Å². The Balaban J connectivity index is 2.43. The number of carbonyl (C=O) groups excluding carboxylic acids is 1. The van der Waals surface area contributed by atoms with Crippen molar-refractivity contribution in [3.05, 3.63) is 59.4 Å². The Kier molecular flexibility index (Phi) is 3.79. The van der Waals surface area contributed by atoms with Crippen LogP contribution in [0.5, 0.6) is 0 Å². The second-order valence-electron chi connectivity index (χ2n) is 4.19. The van der Waals surface area contributed by atoms with Gasteiger partial charge in [0.15, 0.2) is 5.78 Å². The summed E-state index contributed by atoms with van der Waals surface area (Å²) < 4.78 is 1.85. The average molecular weight is 261 g/mol. The first-order chi connectivity index (χ1) is 9.65. The predicted molar refractivity (Wildman–Crippen MR) is 75.0 cm³/mol. The van der Waals surface area contributed by atoms with Crippen LogP contribution in [0.15, 0.2) is 48.2 Å². The van der Waals surface area contributed by atoms with Crippen LogP contribution in [0.2, 0.25) is 0 Å². The molecule has 0 fully saturated rings. The quantitative estimate of drug-likeness (QED) is 0.629. The van der Waals surface area contributed by atoms with Crippen molar-refractivity contribution in [1.29, 1.82) is 10.5 Å². The fourth-order valence-corrected chi connectivity index (χ4v) is 1.84. The number of rotatable bonds is 3. The normalized spacial score (nSPS) is 9.35. The maximum atomic E-state index is 11.2. The topological polar surface area (TPSA) is 69.6 Å². The highest BCUT2D eigenvalue weighted by Crippen LogP contribution is 2.16. The Labute approximate surface area is 116 Å². The highest BCUT2D eigenvalue weighted by Gasteiger charge is 2.04. The molecule has 4 nitrogen and oxygen atoms in total. The van der Waals surface area contributed by atoms with Gasteiger partial charge in [-0.1, -0.05) is 0 Å². The van der Waals surface area contributed by atoms with Gasteiger partial charge in [0.05, 0.1) is 0 Å². The first-order valence-corrected chi connectivity index (χ1v) is 5.96. The molecule has 0 aliphatic rings. The molecule has 1 aromatic heterocycles. The van der Waals surface area contributed by atoms with E-state index in [9.17, 15) is 4.79 Å². The molecule has 0 N–H and O–H groups in total. The third kappa shape index (κ3) is 2.66. The van der Waals surface area contributed by atoms with Gasteiger partial charge >= 0.3 is 0 Å². The molecule has 2 aromatic rings. The number of Topliss-reactive ketones (excluding diaryl/α,β-unsaturated/α-hetero) is 1. The second kappa shape index (κ2) is 5.69. The van der Waals surface area contributed by atoms with Crippen LogP contribution in [-0.4, -0.2) is 10.4 Å². The summed E-state index contributed by atoms with van der Waals surface area (Å²) in [6.07, 6.45) is 3.36. The Morgan fingerprint density at radius 3 is 2.35 bits per heavy atom. The van der Waals surface area contributed by atoms with Crippen molar-refractivity contribution >= 4 is 11.9 Å². The van der Waals surface area contributed by atoms with Crippen LogP contribution in [0, 0.1) is 22.7 Å². The zero-order valence-electron chi connectivity index (χ0n) is 10.9. The molecular weight excluding hydrogens is 250 g/mol. The Morgan fingerprint density at radius 1 is 1.15 bits per heavy atom. The van der Waals surface area contributed by atoms with E-state index >= 15 is 0 Å². The van der Waals surface area contributed by atoms with Crippen molar-refractivity contribution < 1.29 is 4.79 Å². The number of hydrogen-bond donors (Lipinski definition) is 0. The van der Waals surface area contributed by atoms with Crippen LogP contribution in [0.4, 0.5) is 0 Å². The molecule has 0 saturated heterocycles. The lowest BCUT2D eigenvalue weighted by atomic mass is 10.1. The third-order valence-electron chi connectivity index (χ3n) is 2.87. The zero-order valence-corrected chi connectivity index (χ0v) is 10.9. The lowest BCUT2D eigenvalue weighted by Gasteiger charge is -2.07. The van der Waals surface area contributed by atoms with Gasteiger partial charge in [0.2, 0.25) is 0 Å². The number of nitriles is 2. The van der Waals surface area contributed by atoms with Crippen LogP contribution in [0.3, 0.4) is 0 Å². The van der Waals surface area contributed by atoms with Gasteiger partial charge in [-0.3, -0.25) is 4.79 Å². The van der Waals surface area contributed by atoms with E-state index in [2.05, 4.69) is 0 Å². The lowest BCUT2D eigenvalue weighted by molar-refractivity contribution is 0.101. The molecule has 0 unspecified atom stereocenters. The molecule has 20 heavy (non-hydrogen) atoms. The van der Waals surface area contributed by atoms with E-state index in [1.807, 2.05) is 47.2 Å². The molecule has 0 atom stereocenters. The molecule has 2 rings (SSSR count). The number of carbonyl (C=O) groups is 1. The molecule has 1 heterocycles. The van der Waals surface area contributed by atoms with Gasteiger partial charge in [-0.05, 0) is 49.4 Å². The number of allylic oxidation sites excluding steroid dienone is 1. The van der Waals surface area contributed by atoms with Gasteiger partial charge in [0.1, 0.15) is 17.7 Å². The number of nitrogens with zero attached hydrogens (tertiary/aromatic N) is 3. The Hall–Kier alpha value is -3.11. The molecule has 0 radical (unpaired) electrons. The summed E-state index contributed by atoms with van der Waals surface area (Å²) in [6, 6.07) is 14.5. The first kappa shape index (κ1) is 13.3. The van der Waals surface area contributed by atoms with E-state index in [4.69, 9.17) is 10.5 Å². The van der Waals surface area contributed by atoms with E-state index in [1.54, 1.807) is 12.1 Å². The van der Waals surface area contributed by atoms with Crippen molar-refractivity contribution in [2.45, 2.75) is 6.92 Å². The minimum Gasteiger partial charge on any atom is -0.317 e. The summed E-state index contributed by atoms with van der Waals surface area (Å²) in [5.74, 6) is 0.0143. The zero-order chi connectivity index (χ0) is 14.5. The Morgan fingerprint density at radius 2 is 1.80 bits per heavy atom. The smallest absolute Gasteiger partial charge is 0.159 e. The minimum atomic E-state index is 0.0143. The highest BCUT2D eigenvalue weighted by molar-refractivity contribution is 5.94. The molecule has 0 aliphatic heterocycles. The number of benzene rings is 1. The first-order valence-electron chi connectivity index (χ1n) is 5.96. The second-order valence-corrected chi connectivity index (χ2v) is 4.19. The molecule has 0 bridgehead atoms. The number of hydrogen-bond acceptors (Lipinski definition) is 3. The van der Waals surface area contributed by atoms with Crippen LogP contribution in [0.1, 0.15) is 23.0 Å². The summed E-state index contributed by atoms with van der Waals surface area (Å²) in [4.78, 5) is 11.2. The van der Waals surface area contributed by atoms with Crippen LogP contribution >= 0.6 is 0 Å². The summed E-state index contributed by atoms with van der Waals surface area (Å²) in [7, 11) is 0.